The second-order valence-electron chi connectivity index (χ2n) is 8.95. The summed E-state index contributed by atoms with van der Waals surface area (Å²) in [7, 11) is 0. The molecule has 0 fully saturated rings. The van der Waals surface area contributed by atoms with Crippen LogP contribution in [0.25, 0.3) is 16.7 Å². The number of aryl methyl sites for hydroxylation is 4. The van der Waals surface area contributed by atoms with Gasteiger partial charge in [0.1, 0.15) is 0 Å². The Morgan fingerprint density at radius 1 is 0.970 bits per heavy atom. The number of aromatic nitrogens is 3. The Labute approximate surface area is 195 Å². The molecule has 2 aromatic carbocycles. The first-order valence-electron chi connectivity index (χ1n) is 11.6. The molecule has 0 aliphatic heterocycles. The number of rotatable bonds is 7. The normalized spacial score (nSPS) is 12.2. The van der Waals surface area contributed by atoms with E-state index in [9.17, 15) is 4.79 Å². The number of carbonyl (C=O) groups is 1. The number of hydrogen-bond acceptors (Lipinski definition) is 3. The Balaban J connectivity index is 1.50. The summed E-state index contributed by atoms with van der Waals surface area (Å²) in [6, 6.07) is 18.6. The third-order valence-corrected chi connectivity index (χ3v) is 6.43. The molecule has 0 radical (unpaired) electrons. The Morgan fingerprint density at radius 2 is 1.67 bits per heavy atom. The van der Waals surface area contributed by atoms with Crippen LogP contribution in [-0.4, -0.2) is 27.2 Å². The summed E-state index contributed by atoms with van der Waals surface area (Å²) in [5.74, 6) is 0.357. The van der Waals surface area contributed by atoms with Gasteiger partial charge in [-0.2, -0.15) is 5.10 Å². The minimum Gasteiger partial charge on any atom is -0.355 e. The molecule has 170 valence electrons. The van der Waals surface area contributed by atoms with Crippen LogP contribution in [0.1, 0.15) is 52.9 Å². The van der Waals surface area contributed by atoms with Crippen molar-refractivity contribution in [3.05, 3.63) is 88.2 Å². The molecule has 2 aromatic heterocycles. The Kier molecular flexibility index (Phi) is 6.59. The van der Waals surface area contributed by atoms with Crippen LogP contribution in [0, 0.1) is 27.7 Å². The van der Waals surface area contributed by atoms with Crippen molar-refractivity contribution in [1.29, 1.82) is 0 Å². The van der Waals surface area contributed by atoms with Crippen LogP contribution < -0.4 is 5.32 Å². The maximum atomic E-state index is 12.6. The zero-order valence-corrected chi connectivity index (χ0v) is 20.1. The first-order valence-corrected chi connectivity index (χ1v) is 11.6. The van der Waals surface area contributed by atoms with Crippen molar-refractivity contribution >= 4 is 16.9 Å². The van der Waals surface area contributed by atoms with Crippen molar-refractivity contribution in [2.24, 2.45) is 0 Å². The lowest BCUT2D eigenvalue weighted by atomic mass is 9.98. The number of carbonyl (C=O) groups excluding carboxylic acids is 1. The molecule has 4 aromatic rings. The third kappa shape index (κ3) is 4.82. The van der Waals surface area contributed by atoms with Crippen molar-refractivity contribution in [2.75, 3.05) is 6.54 Å². The van der Waals surface area contributed by atoms with Crippen molar-refractivity contribution in [3.63, 3.8) is 0 Å². The molecule has 0 aliphatic rings. The lowest BCUT2D eigenvalue weighted by molar-refractivity contribution is -0.121. The van der Waals surface area contributed by atoms with Crippen molar-refractivity contribution in [1.82, 2.24) is 20.1 Å². The third-order valence-electron chi connectivity index (χ3n) is 6.43. The second kappa shape index (κ2) is 9.57. The van der Waals surface area contributed by atoms with E-state index in [1.807, 2.05) is 36.7 Å². The zero-order valence-electron chi connectivity index (χ0n) is 20.1. The maximum Gasteiger partial charge on any atom is 0.220 e. The van der Waals surface area contributed by atoms with Crippen LogP contribution >= 0.6 is 0 Å². The Bertz CT molecular complexity index is 1270. The van der Waals surface area contributed by atoms with Crippen molar-refractivity contribution in [3.8, 4) is 5.69 Å². The van der Waals surface area contributed by atoms with Gasteiger partial charge >= 0.3 is 0 Å². The summed E-state index contributed by atoms with van der Waals surface area (Å²) >= 11 is 0. The van der Waals surface area contributed by atoms with E-state index in [4.69, 9.17) is 10.1 Å². The molecule has 1 atom stereocenters. The zero-order chi connectivity index (χ0) is 23.5. The fourth-order valence-corrected chi connectivity index (χ4v) is 4.43. The fourth-order valence-electron chi connectivity index (χ4n) is 4.43. The van der Waals surface area contributed by atoms with Crippen LogP contribution in [0.4, 0.5) is 0 Å². The van der Waals surface area contributed by atoms with Gasteiger partial charge in [0.25, 0.3) is 0 Å². The summed E-state index contributed by atoms with van der Waals surface area (Å²) in [5.41, 5.74) is 8.54. The smallest absolute Gasteiger partial charge is 0.220 e. The molecule has 0 saturated carbocycles. The van der Waals surface area contributed by atoms with Crippen LogP contribution in [0.5, 0.6) is 0 Å². The minimum atomic E-state index is 0.0729. The van der Waals surface area contributed by atoms with Gasteiger partial charge in [0.15, 0.2) is 5.65 Å². The molecule has 4 rings (SSSR count). The molecular weight excluding hydrogens is 408 g/mol. The van der Waals surface area contributed by atoms with E-state index in [-0.39, 0.29) is 11.8 Å². The molecule has 1 N–H and O–H groups in total. The standard InChI is InChI=1S/C28H32N4O/c1-18-11-13-24(14-12-18)32-28-27(22(5)31-32)20(3)25(21(4)30-28)15-16-26(33)29-17-19(2)23-9-7-6-8-10-23/h6-14,19H,15-17H2,1-5H3,(H,29,33)/t19-/m0/s1. The molecule has 0 bridgehead atoms. The van der Waals surface area contributed by atoms with Crippen LogP contribution in [0.15, 0.2) is 54.6 Å². The van der Waals surface area contributed by atoms with Gasteiger partial charge in [-0.1, -0.05) is 55.0 Å². The highest BCUT2D eigenvalue weighted by atomic mass is 16.1. The molecular formula is C28H32N4O. The highest BCUT2D eigenvalue weighted by molar-refractivity contribution is 5.85. The SMILES string of the molecule is Cc1ccc(-n2nc(C)c3c(C)c(CCC(=O)NC[C@H](C)c4ccccc4)c(C)nc32)cc1. The van der Waals surface area contributed by atoms with E-state index in [0.29, 0.717) is 19.4 Å². The summed E-state index contributed by atoms with van der Waals surface area (Å²) in [6.45, 7) is 11.0. The van der Waals surface area contributed by atoms with Gasteiger partial charge in [-0.25, -0.2) is 9.67 Å². The van der Waals surface area contributed by atoms with Crippen LogP contribution in [0.3, 0.4) is 0 Å². The van der Waals surface area contributed by atoms with Crippen LogP contribution in [-0.2, 0) is 11.2 Å². The lowest BCUT2D eigenvalue weighted by Gasteiger charge is -2.14. The number of amides is 1. The van der Waals surface area contributed by atoms with Gasteiger partial charge < -0.3 is 5.32 Å². The average Bonchev–Trinajstić information content (AvgIpc) is 3.14. The van der Waals surface area contributed by atoms with Crippen molar-refractivity contribution in [2.45, 2.75) is 53.4 Å². The molecule has 2 heterocycles. The molecule has 5 heteroatoms. The first-order chi connectivity index (χ1) is 15.8. The molecule has 0 unspecified atom stereocenters. The summed E-state index contributed by atoms with van der Waals surface area (Å²) in [6.07, 6.45) is 1.11. The van der Waals surface area contributed by atoms with E-state index in [1.54, 1.807) is 0 Å². The molecule has 0 saturated heterocycles. The maximum absolute atomic E-state index is 12.6. The topological polar surface area (TPSA) is 59.8 Å². The number of nitrogens with zero attached hydrogens (tertiary/aromatic N) is 3. The highest BCUT2D eigenvalue weighted by Gasteiger charge is 2.18. The quantitative estimate of drug-likeness (QED) is 0.412. The monoisotopic (exact) mass is 440 g/mol. The second-order valence-corrected chi connectivity index (χ2v) is 8.95. The Hall–Kier alpha value is -3.47. The predicted octanol–water partition coefficient (Wildman–Crippen LogP) is 5.51. The number of nitrogens with one attached hydrogen (secondary N) is 1. The summed E-state index contributed by atoms with van der Waals surface area (Å²) < 4.78 is 1.92. The largest absolute Gasteiger partial charge is 0.355 e. The van der Waals surface area contributed by atoms with Gasteiger partial charge in [0.05, 0.1) is 11.4 Å². The van der Waals surface area contributed by atoms with E-state index in [0.717, 1.165) is 33.7 Å². The van der Waals surface area contributed by atoms with E-state index in [2.05, 4.69) is 62.5 Å². The minimum absolute atomic E-state index is 0.0729. The van der Waals surface area contributed by atoms with Crippen molar-refractivity contribution < 1.29 is 4.79 Å². The first kappa shape index (κ1) is 22.7. The van der Waals surface area contributed by atoms with E-state index >= 15 is 0 Å². The van der Waals surface area contributed by atoms with Gasteiger partial charge in [0.2, 0.25) is 5.91 Å². The fraction of sp³-hybridized carbons (Fsp3) is 0.321. The highest BCUT2D eigenvalue weighted by Crippen LogP contribution is 2.28. The summed E-state index contributed by atoms with van der Waals surface area (Å²) in [4.78, 5) is 17.5. The van der Waals surface area contributed by atoms with Gasteiger partial charge in [-0.05, 0) is 68.9 Å². The number of pyridine rings is 1. The number of benzene rings is 2. The van der Waals surface area contributed by atoms with Crippen LogP contribution in [0.2, 0.25) is 0 Å². The predicted molar refractivity (Wildman–Crippen MR) is 134 cm³/mol. The lowest BCUT2D eigenvalue weighted by Crippen LogP contribution is -2.27. The van der Waals surface area contributed by atoms with Gasteiger partial charge in [0, 0.05) is 24.0 Å². The molecule has 0 spiro atoms. The molecule has 1 amide bonds. The van der Waals surface area contributed by atoms with E-state index in [1.165, 1.54) is 16.7 Å². The summed E-state index contributed by atoms with van der Waals surface area (Å²) in [5, 5.41) is 8.95. The van der Waals surface area contributed by atoms with E-state index < -0.39 is 0 Å². The number of hydrogen-bond donors (Lipinski definition) is 1. The van der Waals surface area contributed by atoms with Gasteiger partial charge in [-0.3, -0.25) is 4.79 Å². The molecule has 0 aliphatic carbocycles. The average molecular weight is 441 g/mol. The van der Waals surface area contributed by atoms with Gasteiger partial charge in [-0.15, -0.1) is 0 Å². The molecule has 5 nitrogen and oxygen atoms in total. The molecule has 33 heavy (non-hydrogen) atoms. The number of fused-ring (bicyclic) bond motifs is 1. The Morgan fingerprint density at radius 3 is 2.36 bits per heavy atom.